The van der Waals surface area contributed by atoms with E-state index >= 15 is 0 Å². The van der Waals surface area contributed by atoms with Crippen LogP contribution in [0.3, 0.4) is 0 Å². The minimum absolute atomic E-state index is 0.0404. The number of hydrogen-bond donors (Lipinski definition) is 4. The number of ketones is 1. The molecule has 0 spiro atoms. The largest absolute Gasteiger partial charge is 0.457 e. The molecule has 5 rings (SSSR count). The first-order valence-electron chi connectivity index (χ1n) is 21.6. The monoisotopic (exact) mass is 902 g/mol. The predicted octanol–water partition coefficient (Wildman–Crippen LogP) is 3.73. The van der Waals surface area contributed by atoms with Gasteiger partial charge in [0.2, 0.25) is 11.5 Å². The highest BCUT2D eigenvalue weighted by Crippen LogP contribution is 2.40. The van der Waals surface area contributed by atoms with Gasteiger partial charge in [-0.1, -0.05) is 39.8 Å². The number of thiazole rings is 1. The molecule has 5 N–H and O–H groups in total. The van der Waals surface area contributed by atoms with Gasteiger partial charge in [0.25, 0.3) is 0 Å². The Morgan fingerprint density at radius 3 is 2.40 bits per heavy atom. The topological polar surface area (TPSA) is 247 Å². The van der Waals surface area contributed by atoms with Gasteiger partial charge in [-0.2, -0.15) is 0 Å². The van der Waals surface area contributed by atoms with E-state index in [4.69, 9.17) is 34.3 Å². The van der Waals surface area contributed by atoms with Crippen LogP contribution in [-0.2, 0) is 49.5 Å². The van der Waals surface area contributed by atoms with Crippen molar-refractivity contribution in [2.24, 2.45) is 27.9 Å². The SMILES string of the molecule is CCC(=O)/N=C1\[C@H](C)C[C@@]2(C)OC/C(=N/OCc3ccc(-c4nc(N)cs4)cn3)CO[C@H]([C@H]1C)[C@](C)(O)[C@@H](CC)OC(=O)[C@@](C)(O)C(=O)[C@H](C)[C@H]2O[C@@H]1O[C@H](C)C[C@H](N(C)C)[C@H]1O. The molecular formula is C44H66N6O12S. The van der Waals surface area contributed by atoms with Crippen molar-refractivity contribution in [2.45, 2.75) is 154 Å². The summed E-state index contributed by atoms with van der Waals surface area (Å²) in [5.41, 5.74) is 1.47. The summed E-state index contributed by atoms with van der Waals surface area (Å²) in [6.45, 7) is 13.9. The van der Waals surface area contributed by atoms with Gasteiger partial charge in [0, 0.05) is 47.2 Å². The number of aromatic nitrogens is 2. The molecule has 0 aromatic carbocycles. The number of ether oxygens (including phenoxy) is 5. The molecule has 18 nitrogen and oxygen atoms in total. The van der Waals surface area contributed by atoms with E-state index in [1.54, 1.807) is 45.3 Å². The molecule has 1 amide bonds. The molecule has 2 aromatic heterocycles. The zero-order chi connectivity index (χ0) is 46.6. The van der Waals surface area contributed by atoms with Crippen molar-refractivity contribution >= 4 is 46.2 Å². The Hall–Kier alpha value is -3.79. The van der Waals surface area contributed by atoms with Gasteiger partial charge in [-0.3, -0.25) is 14.6 Å². The van der Waals surface area contributed by atoms with Gasteiger partial charge in [-0.15, -0.1) is 11.3 Å². The van der Waals surface area contributed by atoms with Gasteiger partial charge in [-0.25, -0.2) is 14.8 Å². The molecule has 3 saturated heterocycles. The van der Waals surface area contributed by atoms with E-state index in [0.29, 0.717) is 23.6 Å². The lowest BCUT2D eigenvalue weighted by Crippen LogP contribution is -2.62. The molecule has 350 valence electrons. The number of likely N-dealkylation sites (N-methyl/N-ethyl adjacent to an activating group) is 1. The van der Waals surface area contributed by atoms with Crippen LogP contribution in [0, 0.1) is 17.8 Å². The average Bonchev–Trinajstić information content (AvgIpc) is 3.67. The zero-order valence-corrected chi connectivity index (χ0v) is 39.1. The second-order valence-electron chi connectivity index (χ2n) is 17.9. The minimum Gasteiger partial charge on any atom is -0.457 e. The fourth-order valence-corrected chi connectivity index (χ4v) is 9.62. The summed E-state index contributed by atoms with van der Waals surface area (Å²) in [6.07, 6.45) is -4.38. The summed E-state index contributed by atoms with van der Waals surface area (Å²) in [5.74, 6) is -4.98. The van der Waals surface area contributed by atoms with Crippen LogP contribution in [0.2, 0.25) is 0 Å². The number of amides is 1. The Kier molecular flexibility index (Phi) is 16.4. The third-order valence-corrected chi connectivity index (χ3v) is 13.4. The molecule has 0 aliphatic carbocycles. The number of nitrogens with two attached hydrogens (primary N) is 1. The molecule has 3 fully saturated rings. The van der Waals surface area contributed by atoms with Crippen molar-refractivity contribution < 1.29 is 58.2 Å². The van der Waals surface area contributed by atoms with Crippen LogP contribution in [0.4, 0.5) is 5.82 Å². The maximum absolute atomic E-state index is 14.6. The molecule has 3 aliphatic rings. The highest BCUT2D eigenvalue weighted by molar-refractivity contribution is 7.13. The quantitative estimate of drug-likeness (QED) is 0.159. The number of aliphatic imine (C=N–C) groups is 1. The van der Waals surface area contributed by atoms with Crippen molar-refractivity contribution in [1.29, 1.82) is 0 Å². The van der Waals surface area contributed by atoms with Crippen molar-refractivity contribution in [2.75, 3.05) is 33.0 Å². The highest BCUT2D eigenvalue weighted by Gasteiger charge is 2.56. The lowest BCUT2D eigenvalue weighted by atomic mass is 9.73. The van der Waals surface area contributed by atoms with E-state index in [1.165, 1.54) is 25.2 Å². The Morgan fingerprint density at radius 1 is 1.08 bits per heavy atom. The molecule has 63 heavy (non-hydrogen) atoms. The summed E-state index contributed by atoms with van der Waals surface area (Å²) in [5, 5.41) is 42.9. The Labute approximate surface area is 373 Å². The van der Waals surface area contributed by atoms with E-state index in [1.807, 2.05) is 38.9 Å². The second-order valence-corrected chi connectivity index (χ2v) is 18.8. The number of carbonyl (C=O) groups excluding carboxylic acids is 3. The van der Waals surface area contributed by atoms with Crippen molar-refractivity contribution in [3.05, 3.63) is 29.4 Å². The molecule has 0 saturated carbocycles. The number of cyclic esters (lactones) is 1. The lowest BCUT2D eigenvalue weighted by Gasteiger charge is -2.48. The van der Waals surface area contributed by atoms with Crippen LogP contribution >= 0.6 is 11.3 Å². The smallest absolute Gasteiger partial charge is 0.346 e. The molecule has 5 heterocycles. The van der Waals surface area contributed by atoms with E-state index in [2.05, 4.69) is 20.1 Å². The Bertz CT molecular complexity index is 1970. The Balaban J connectivity index is 1.66. The van der Waals surface area contributed by atoms with Crippen molar-refractivity contribution in [3.63, 3.8) is 0 Å². The highest BCUT2D eigenvalue weighted by atomic mass is 32.1. The summed E-state index contributed by atoms with van der Waals surface area (Å²) < 4.78 is 32.2. The van der Waals surface area contributed by atoms with Crippen LogP contribution in [0.15, 0.2) is 33.9 Å². The molecule has 2 aromatic rings. The molecule has 2 bridgehead atoms. The Morgan fingerprint density at radius 2 is 1.79 bits per heavy atom. The van der Waals surface area contributed by atoms with Crippen LogP contribution < -0.4 is 5.73 Å². The molecule has 19 heteroatoms. The molecular weight excluding hydrogens is 837 g/mol. The number of nitrogens with zero attached hydrogens (tertiary/aromatic N) is 5. The summed E-state index contributed by atoms with van der Waals surface area (Å²) in [4.78, 5) is 62.9. The number of fused-ring (bicyclic) bond motifs is 5. The fourth-order valence-electron chi connectivity index (χ4n) is 8.92. The van der Waals surface area contributed by atoms with Crippen LogP contribution in [0.1, 0.15) is 93.7 Å². The lowest BCUT2D eigenvalue weighted by molar-refractivity contribution is -0.296. The summed E-state index contributed by atoms with van der Waals surface area (Å²) in [7, 11) is 3.66. The number of rotatable bonds is 9. The van der Waals surface area contributed by atoms with Gasteiger partial charge in [0.05, 0.1) is 42.8 Å². The number of anilines is 1. The van der Waals surface area contributed by atoms with Gasteiger partial charge < -0.3 is 54.5 Å². The fraction of sp³-hybridized carbons (Fsp3) is 0.705. The third kappa shape index (κ3) is 11.4. The first-order chi connectivity index (χ1) is 29.5. The number of carbonyl (C=O) groups is 3. The molecule has 0 radical (unpaired) electrons. The molecule has 3 aliphatic heterocycles. The van der Waals surface area contributed by atoms with Gasteiger partial charge >= 0.3 is 5.97 Å². The second kappa shape index (κ2) is 20.6. The van der Waals surface area contributed by atoms with Crippen LogP contribution in [-0.4, -0.2) is 146 Å². The van der Waals surface area contributed by atoms with Gasteiger partial charge in [0.1, 0.15) is 34.3 Å². The molecule has 13 atom stereocenters. The summed E-state index contributed by atoms with van der Waals surface area (Å²) >= 11 is 1.40. The maximum atomic E-state index is 14.6. The van der Waals surface area contributed by atoms with E-state index in [9.17, 15) is 29.7 Å². The van der Waals surface area contributed by atoms with Gasteiger partial charge in [-0.05, 0) is 79.1 Å². The zero-order valence-electron chi connectivity index (χ0n) is 38.3. The van der Waals surface area contributed by atoms with Gasteiger partial charge in [0.15, 0.2) is 18.7 Å². The number of oxime groups is 1. The molecule has 0 unspecified atom stereocenters. The maximum Gasteiger partial charge on any atom is 0.346 e. The first-order valence-corrected chi connectivity index (χ1v) is 22.5. The van der Waals surface area contributed by atoms with E-state index in [-0.39, 0.29) is 56.9 Å². The van der Waals surface area contributed by atoms with Crippen LogP contribution in [0.5, 0.6) is 0 Å². The number of aliphatic hydroxyl groups is 3. The summed E-state index contributed by atoms with van der Waals surface area (Å²) in [6, 6.07) is 3.23. The normalized spacial score (nSPS) is 37.6. The predicted molar refractivity (Wildman–Crippen MR) is 235 cm³/mol. The number of esters is 1. The third-order valence-electron chi connectivity index (χ3n) is 12.4. The average molecular weight is 903 g/mol. The first kappa shape index (κ1) is 50.2. The number of Topliss-reactive ketones (excluding diaryl/α,β-unsaturated/α-hetero) is 1. The van der Waals surface area contributed by atoms with E-state index < -0.39 is 82.9 Å². The standard InChI is InChI=1S/C44H66N6O12S/c1-12-31-43(8,55)38-25(5)34(48-33(51)13-2)23(3)17-42(7,58-20-29(19-57-38)49-59-21-28-15-14-27(18-46-28)39-47-32(45)22-63-39)37(26(6)36(53)44(9,56)41(54)61-31)62-40-35(52)30(50(10)11)16-24(4)60-40/h14-15,18,22-26,30-31,35,37-38,40,52,55-56H,12-13,16-17,19-21,45H2,1-11H3/b48-34+,49-29+/t23-,24-,25+,26+,30+,31-,35-,37-,38-,40+,42-,43-,44+/m1/s1. The number of nitrogen functional groups attached to an aromatic ring is 1. The van der Waals surface area contributed by atoms with Crippen molar-refractivity contribution in [3.8, 4) is 10.6 Å². The number of aliphatic hydroxyl groups excluding tert-OH is 1. The number of pyridine rings is 1. The van der Waals surface area contributed by atoms with Crippen LogP contribution in [0.25, 0.3) is 10.6 Å². The number of hydrogen-bond acceptors (Lipinski definition) is 18. The van der Waals surface area contributed by atoms with E-state index in [0.717, 1.165) is 17.5 Å². The minimum atomic E-state index is -2.73. The van der Waals surface area contributed by atoms with Crippen molar-refractivity contribution in [1.82, 2.24) is 14.9 Å².